The number of benzene rings is 2. The zero-order valence-corrected chi connectivity index (χ0v) is 14.2. The van der Waals surface area contributed by atoms with Gasteiger partial charge in [0.2, 0.25) is 0 Å². The monoisotopic (exact) mass is 364 g/mol. The second-order valence-corrected chi connectivity index (χ2v) is 6.08. The molecule has 1 aliphatic heterocycles. The Morgan fingerprint density at radius 2 is 1.96 bits per heavy atom. The van der Waals surface area contributed by atoms with Gasteiger partial charge in [-0.1, -0.05) is 18.2 Å². The van der Waals surface area contributed by atoms with Gasteiger partial charge >= 0.3 is 5.97 Å². The highest BCUT2D eigenvalue weighted by Crippen LogP contribution is 2.39. The van der Waals surface area contributed by atoms with E-state index in [1.165, 1.54) is 37.4 Å². The number of esters is 1. The Morgan fingerprint density at radius 1 is 1.16 bits per heavy atom. The van der Waals surface area contributed by atoms with Crippen molar-refractivity contribution in [1.29, 1.82) is 0 Å². The van der Waals surface area contributed by atoms with Crippen molar-refractivity contribution < 1.29 is 27.5 Å². The first-order chi connectivity index (χ1) is 12.0. The van der Waals surface area contributed by atoms with Gasteiger partial charge in [0.25, 0.3) is 0 Å². The fourth-order valence-electron chi connectivity index (χ4n) is 2.70. The topological polar surface area (TPSA) is 44.8 Å². The van der Waals surface area contributed by atoms with Gasteiger partial charge in [0.1, 0.15) is 17.7 Å². The van der Waals surface area contributed by atoms with Crippen LogP contribution in [0.4, 0.5) is 8.78 Å². The normalized spacial score (nSPS) is 17.1. The molecule has 3 rings (SSSR count). The van der Waals surface area contributed by atoms with Crippen molar-refractivity contribution in [3.05, 3.63) is 65.2 Å². The highest BCUT2D eigenvalue weighted by atomic mass is 32.2. The van der Waals surface area contributed by atoms with Crippen molar-refractivity contribution in [3.63, 3.8) is 0 Å². The number of carbonyl (C=O) groups is 1. The standard InChI is InChI=1S/C18H14F2O4S/c1-10-16(14-7-6-13(9-15(14)20)25-24-22-2)17(18(21)23-10)11-4-3-5-12(19)8-11/h3-10H,1-2H3. The van der Waals surface area contributed by atoms with Crippen molar-refractivity contribution in [2.45, 2.75) is 17.9 Å². The van der Waals surface area contributed by atoms with Gasteiger partial charge in [-0.15, -0.1) is 0 Å². The van der Waals surface area contributed by atoms with E-state index in [-0.39, 0.29) is 11.1 Å². The average molecular weight is 364 g/mol. The molecule has 0 amide bonds. The van der Waals surface area contributed by atoms with Crippen LogP contribution in [0.2, 0.25) is 0 Å². The number of cyclic esters (lactones) is 1. The second kappa shape index (κ2) is 7.35. The molecule has 25 heavy (non-hydrogen) atoms. The van der Waals surface area contributed by atoms with Crippen molar-refractivity contribution in [2.75, 3.05) is 7.11 Å². The molecule has 1 aliphatic rings. The first-order valence-electron chi connectivity index (χ1n) is 7.39. The van der Waals surface area contributed by atoms with E-state index in [0.717, 1.165) is 12.0 Å². The molecule has 4 nitrogen and oxygen atoms in total. The lowest BCUT2D eigenvalue weighted by Gasteiger charge is -2.11. The summed E-state index contributed by atoms with van der Waals surface area (Å²) in [4.78, 5) is 17.2. The molecule has 0 saturated carbocycles. The number of hydrogen-bond donors (Lipinski definition) is 0. The van der Waals surface area contributed by atoms with Gasteiger partial charge in [-0.05, 0) is 36.8 Å². The smallest absolute Gasteiger partial charge is 0.339 e. The van der Waals surface area contributed by atoms with E-state index in [9.17, 15) is 13.6 Å². The Bertz CT molecular complexity index is 851. The summed E-state index contributed by atoms with van der Waals surface area (Å²) in [6, 6.07) is 10.0. The van der Waals surface area contributed by atoms with Crippen LogP contribution in [0.1, 0.15) is 18.1 Å². The van der Waals surface area contributed by atoms with Crippen LogP contribution in [-0.4, -0.2) is 19.2 Å². The second-order valence-electron chi connectivity index (χ2n) is 5.31. The molecule has 7 heteroatoms. The molecule has 0 spiro atoms. The summed E-state index contributed by atoms with van der Waals surface area (Å²) in [6.07, 6.45) is -0.644. The van der Waals surface area contributed by atoms with Gasteiger partial charge in [-0.2, -0.15) is 4.33 Å². The largest absolute Gasteiger partial charge is 0.454 e. The molecular formula is C18H14F2O4S. The third kappa shape index (κ3) is 3.58. The first-order valence-corrected chi connectivity index (χ1v) is 8.13. The summed E-state index contributed by atoms with van der Waals surface area (Å²) in [6.45, 7) is 1.65. The number of carbonyl (C=O) groups excluding carboxylic acids is 1. The summed E-state index contributed by atoms with van der Waals surface area (Å²) in [5.74, 6) is -1.63. The predicted molar refractivity (Wildman–Crippen MR) is 89.1 cm³/mol. The van der Waals surface area contributed by atoms with E-state index in [2.05, 4.69) is 4.89 Å². The average Bonchev–Trinajstić information content (AvgIpc) is 2.87. The van der Waals surface area contributed by atoms with Crippen LogP contribution in [0.25, 0.3) is 11.1 Å². The fraction of sp³-hybridized carbons (Fsp3) is 0.167. The first kappa shape index (κ1) is 17.6. The van der Waals surface area contributed by atoms with Gasteiger partial charge < -0.3 is 4.74 Å². The van der Waals surface area contributed by atoms with Crippen LogP contribution in [0.5, 0.6) is 0 Å². The minimum atomic E-state index is -0.644. The molecule has 1 unspecified atom stereocenters. The molecule has 1 atom stereocenters. The molecule has 0 N–H and O–H groups in total. The third-order valence-corrected chi connectivity index (χ3v) is 4.36. The summed E-state index contributed by atoms with van der Waals surface area (Å²) in [5, 5.41) is 0. The summed E-state index contributed by atoms with van der Waals surface area (Å²) >= 11 is 0.860. The van der Waals surface area contributed by atoms with E-state index < -0.39 is 23.7 Å². The van der Waals surface area contributed by atoms with E-state index in [1.54, 1.807) is 19.1 Å². The molecule has 0 radical (unpaired) electrons. The fourth-order valence-corrected chi connectivity index (χ4v) is 3.12. The Balaban J connectivity index is 2.10. The maximum Gasteiger partial charge on any atom is 0.339 e. The number of ether oxygens (including phenoxy) is 1. The molecule has 0 aromatic heterocycles. The van der Waals surface area contributed by atoms with Gasteiger partial charge in [-0.25, -0.2) is 18.5 Å². The number of hydrogen-bond acceptors (Lipinski definition) is 5. The number of rotatable bonds is 5. The van der Waals surface area contributed by atoms with Crippen LogP contribution >= 0.6 is 12.0 Å². The van der Waals surface area contributed by atoms with Crippen LogP contribution in [0.3, 0.4) is 0 Å². The molecule has 130 valence electrons. The molecule has 0 bridgehead atoms. The zero-order chi connectivity index (χ0) is 18.0. The van der Waals surface area contributed by atoms with Crippen molar-refractivity contribution >= 4 is 29.2 Å². The highest BCUT2D eigenvalue weighted by molar-refractivity contribution is 7.94. The van der Waals surface area contributed by atoms with Gasteiger partial charge in [0.15, 0.2) is 0 Å². The van der Waals surface area contributed by atoms with Crippen LogP contribution < -0.4 is 0 Å². The van der Waals surface area contributed by atoms with Crippen molar-refractivity contribution in [1.82, 2.24) is 0 Å². The van der Waals surface area contributed by atoms with Crippen molar-refractivity contribution in [3.8, 4) is 0 Å². The van der Waals surface area contributed by atoms with Crippen LogP contribution in [-0.2, 0) is 18.8 Å². The van der Waals surface area contributed by atoms with Crippen LogP contribution in [0.15, 0.2) is 47.4 Å². The Morgan fingerprint density at radius 3 is 2.64 bits per heavy atom. The lowest BCUT2D eigenvalue weighted by molar-refractivity contribution is -0.160. The lowest BCUT2D eigenvalue weighted by atomic mass is 9.93. The molecule has 2 aromatic carbocycles. The lowest BCUT2D eigenvalue weighted by Crippen LogP contribution is -2.06. The Labute approximate surface area is 147 Å². The van der Waals surface area contributed by atoms with E-state index in [1.807, 2.05) is 0 Å². The molecular weight excluding hydrogens is 350 g/mol. The quantitative estimate of drug-likeness (QED) is 0.340. The van der Waals surface area contributed by atoms with E-state index in [4.69, 9.17) is 9.07 Å². The summed E-state index contributed by atoms with van der Waals surface area (Å²) in [5.41, 5.74) is 1.13. The van der Waals surface area contributed by atoms with Gasteiger partial charge in [0, 0.05) is 16.0 Å². The van der Waals surface area contributed by atoms with Crippen molar-refractivity contribution in [2.24, 2.45) is 0 Å². The molecule has 1 heterocycles. The Hall–Kier alpha value is -2.22. The minimum absolute atomic E-state index is 0.166. The maximum atomic E-state index is 14.6. The molecule has 0 aliphatic carbocycles. The predicted octanol–water partition coefficient (Wildman–Crippen LogP) is 4.41. The van der Waals surface area contributed by atoms with Crippen LogP contribution in [0, 0.1) is 11.6 Å². The number of halogens is 2. The Kier molecular flexibility index (Phi) is 5.17. The zero-order valence-electron chi connectivity index (χ0n) is 13.4. The molecule has 2 aromatic rings. The summed E-state index contributed by atoms with van der Waals surface area (Å²) < 4.78 is 38.1. The summed E-state index contributed by atoms with van der Waals surface area (Å²) in [7, 11) is 1.34. The SMILES string of the molecule is COOSc1ccc(C2=C(c3cccc(F)c3)C(=O)OC2C)c(F)c1. The highest BCUT2D eigenvalue weighted by Gasteiger charge is 2.34. The third-order valence-electron chi connectivity index (χ3n) is 3.71. The van der Waals surface area contributed by atoms with Gasteiger partial charge in [0.05, 0.1) is 24.7 Å². The van der Waals surface area contributed by atoms with E-state index >= 15 is 0 Å². The molecule has 0 saturated heterocycles. The maximum absolute atomic E-state index is 14.6. The molecule has 0 fully saturated rings. The van der Waals surface area contributed by atoms with E-state index in [0.29, 0.717) is 16.0 Å². The van der Waals surface area contributed by atoms with Gasteiger partial charge in [-0.3, -0.25) is 0 Å². The minimum Gasteiger partial charge on any atom is -0.454 e.